The van der Waals surface area contributed by atoms with Gasteiger partial charge in [-0.2, -0.15) is 0 Å². The van der Waals surface area contributed by atoms with Gasteiger partial charge in [-0.15, -0.1) is 0 Å². The number of fused-ring (bicyclic) bond motifs is 12. The molecule has 0 N–H and O–H groups in total. The Balaban J connectivity index is 0.903. The summed E-state index contributed by atoms with van der Waals surface area (Å²) in [5.41, 5.74) is 18.0. The highest BCUT2D eigenvalue weighted by Gasteiger charge is 2.36. The molecule has 0 amide bonds. The first-order valence-electron chi connectivity index (χ1n) is 20.1. The zero-order valence-corrected chi connectivity index (χ0v) is 32.2. The average Bonchev–Trinajstić information content (AvgIpc) is 3.74. The minimum Gasteiger partial charge on any atom is -0.309 e. The minimum absolute atomic E-state index is 0.161. The molecule has 0 fully saturated rings. The molecule has 12 rings (SSSR count). The molecule has 0 spiro atoms. The molecule has 0 unspecified atom stereocenters. The van der Waals surface area contributed by atoms with Crippen molar-refractivity contribution in [1.82, 2.24) is 14.5 Å². The van der Waals surface area contributed by atoms with Crippen LogP contribution in [0, 0.1) is 0 Å². The zero-order chi connectivity index (χ0) is 38.5. The Morgan fingerprint density at radius 2 is 0.828 bits per heavy atom. The maximum atomic E-state index is 4.75. The van der Waals surface area contributed by atoms with Crippen LogP contribution >= 0.6 is 0 Å². The number of nitrogens with zero attached hydrogens (tertiary/aromatic N) is 3. The third kappa shape index (κ3) is 4.80. The van der Waals surface area contributed by atoms with Gasteiger partial charge in [-0.3, -0.25) is 9.97 Å². The average molecular weight is 740 g/mol. The maximum Gasteiger partial charge on any atom is 0.0971 e. The summed E-state index contributed by atoms with van der Waals surface area (Å²) in [6.07, 6.45) is 3.57. The lowest BCUT2D eigenvalue weighted by Gasteiger charge is -2.23. The lowest BCUT2D eigenvalue weighted by atomic mass is 9.81. The normalized spacial score (nSPS) is 13.1. The summed E-state index contributed by atoms with van der Waals surface area (Å²) < 4.78 is 2.43. The topological polar surface area (TPSA) is 30.7 Å². The molecule has 0 saturated carbocycles. The maximum absolute atomic E-state index is 4.75. The number of benzene rings is 9. The van der Waals surface area contributed by atoms with Crippen molar-refractivity contribution in [3.63, 3.8) is 0 Å². The van der Waals surface area contributed by atoms with E-state index in [0.29, 0.717) is 0 Å². The highest BCUT2D eigenvalue weighted by molar-refractivity contribution is 6.23. The first kappa shape index (κ1) is 32.8. The summed E-state index contributed by atoms with van der Waals surface area (Å²) in [7, 11) is 0. The number of rotatable bonds is 4. The van der Waals surface area contributed by atoms with Crippen LogP contribution < -0.4 is 0 Å². The predicted molar refractivity (Wildman–Crippen MR) is 243 cm³/mol. The van der Waals surface area contributed by atoms with Crippen molar-refractivity contribution in [3.05, 3.63) is 199 Å². The molecule has 58 heavy (non-hydrogen) atoms. The number of hydrogen-bond acceptors (Lipinski definition) is 2. The zero-order valence-electron chi connectivity index (χ0n) is 32.2. The van der Waals surface area contributed by atoms with Crippen LogP contribution in [0.25, 0.3) is 105 Å². The van der Waals surface area contributed by atoms with E-state index in [2.05, 4.69) is 194 Å². The van der Waals surface area contributed by atoms with Crippen molar-refractivity contribution in [3.8, 4) is 50.2 Å². The fourth-order valence-electron chi connectivity index (χ4n) is 9.81. The van der Waals surface area contributed by atoms with Crippen molar-refractivity contribution in [2.75, 3.05) is 0 Å². The highest BCUT2D eigenvalue weighted by atomic mass is 15.0. The molecule has 0 aliphatic heterocycles. The van der Waals surface area contributed by atoms with Gasteiger partial charge in [-0.1, -0.05) is 141 Å². The molecule has 3 heteroatoms. The van der Waals surface area contributed by atoms with Crippen molar-refractivity contribution < 1.29 is 0 Å². The molecule has 2 aromatic heterocycles. The van der Waals surface area contributed by atoms with E-state index in [0.717, 1.165) is 21.8 Å². The van der Waals surface area contributed by atoms with Crippen LogP contribution in [0.2, 0.25) is 0 Å². The van der Waals surface area contributed by atoms with Crippen LogP contribution in [0.15, 0.2) is 188 Å². The highest BCUT2D eigenvalue weighted by Crippen LogP contribution is 2.51. The van der Waals surface area contributed by atoms with Crippen LogP contribution in [0.3, 0.4) is 0 Å². The molecule has 0 atom stereocenters. The van der Waals surface area contributed by atoms with Gasteiger partial charge in [0.15, 0.2) is 0 Å². The lowest BCUT2D eigenvalue weighted by Crippen LogP contribution is -2.15. The fraction of sp³-hybridized carbons (Fsp3) is 0.0545. The molecule has 11 aromatic rings. The first-order valence-corrected chi connectivity index (χ1v) is 20.1. The molecule has 1 aliphatic rings. The van der Waals surface area contributed by atoms with Crippen LogP contribution in [-0.2, 0) is 5.41 Å². The second kappa shape index (κ2) is 12.3. The first-order chi connectivity index (χ1) is 28.5. The molecule has 272 valence electrons. The fourth-order valence-corrected chi connectivity index (χ4v) is 9.81. The Bertz CT molecular complexity index is 3410. The van der Waals surface area contributed by atoms with Gasteiger partial charge in [0.25, 0.3) is 0 Å². The Labute approximate surface area is 336 Å². The van der Waals surface area contributed by atoms with Gasteiger partial charge in [0, 0.05) is 45.0 Å². The lowest BCUT2D eigenvalue weighted by molar-refractivity contribution is 0.660. The molecule has 1 aliphatic carbocycles. The van der Waals surface area contributed by atoms with Crippen LogP contribution in [-0.4, -0.2) is 14.5 Å². The summed E-state index contributed by atoms with van der Waals surface area (Å²) in [6, 6.07) is 64.8. The molecule has 2 heterocycles. The van der Waals surface area contributed by atoms with E-state index in [1.165, 1.54) is 93.9 Å². The smallest absolute Gasteiger partial charge is 0.0971 e. The van der Waals surface area contributed by atoms with Crippen molar-refractivity contribution >= 4 is 54.4 Å². The van der Waals surface area contributed by atoms with Gasteiger partial charge in [-0.05, 0) is 115 Å². The summed E-state index contributed by atoms with van der Waals surface area (Å²) in [5, 5.41) is 7.21. The molecule has 0 saturated heterocycles. The van der Waals surface area contributed by atoms with Crippen LogP contribution in [0.1, 0.15) is 25.0 Å². The van der Waals surface area contributed by atoms with E-state index in [4.69, 9.17) is 9.97 Å². The van der Waals surface area contributed by atoms with Crippen molar-refractivity contribution in [2.24, 2.45) is 0 Å². The van der Waals surface area contributed by atoms with Gasteiger partial charge in [0.05, 0.1) is 22.1 Å². The van der Waals surface area contributed by atoms with E-state index in [1.807, 2.05) is 0 Å². The van der Waals surface area contributed by atoms with Gasteiger partial charge in [0.2, 0.25) is 0 Å². The third-order valence-electron chi connectivity index (χ3n) is 12.7. The Hall–Kier alpha value is -7.36. The predicted octanol–water partition coefficient (Wildman–Crippen LogP) is 14.3. The van der Waals surface area contributed by atoms with Crippen molar-refractivity contribution in [1.29, 1.82) is 0 Å². The van der Waals surface area contributed by atoms with E-state index in [1.54, 1.807) is 12.4 Å². The summed E-state index contributed by atoms with van der Waals surface area (Å²) >= 11 is 0. The van der Waals surface area contributed by atoms with Crippen LogP contribution in [0.4, 0.5) is 0 Å². The van der Waals surface area contributed by atoms with E-state index >= 15 is 0 Å². The number of para-hydroxylation sites is 2. The van der Waals surface area contributed by atoms with E-state index in [-0.39, 0.29) is 5.41 Å². The summed E-state index contributed by atoms with van der Waals surface area (Å²) in [6.45, 7) is 4.76. The van der Waals surface area contributed by atoms with Gasteiger partial charge < -0.3 is 4.57 Å². The molecule has 9 aromatic carbocycles. The summed E-state index contributed by atoms with van der Waals surface area (Å²) in [4.78, 5) is 9.47. The van der Waals surface area contributed by atoms with E-state index < -0.39 is 0 Å². The Morgan fingerprint density at radius 3 is 1.45 bits per heavy atom. The van der Waals surface area contributed by atoms with Crippen LogP contribution in [0.5, 0.6) is 0 Å². The molecular formula is C55H37N3. The van der Waals surface area contributed by atoms with Crippen molar-refractivity contribution in [2.45, 2.75) is 19.3 Å². The molecule has 0 bridgehead atoms. The largest absolute Gasteiger partial charge is 0.309 e. The number of aromatic nitrogens is 3. The second-order valence-electron chi connectivity index (χ2n) is 16.2. The Morgan fingerprint density at radius 1 is 0.362 bits per heavy atom. The Kier molecular flexibility index (Phi) is 6.98. The number of hydrogen-bond donors (Lipinski definition) is 0. The van der Waals surface area contributed by atoms with Gasteiger partial charge in [0.1, 0.15) is 0 Å². The minimum atomic E-state index is -0.161. The SMILES string of the molecule is CC1(C)c2cc(-c3cccc(-c4cccc(-c5ccc6c(c5)c5ccccc5c5nccnc65)c4)c3)ccc2-c2ccc(-n3c4ccccc4c4ccccc43)cc21. The summed E-state index contributed by atoms with van der Waals surface area (Å²) in [5.74, 6) is 0. The third-order valence-corrected chi connectivity index (χ3v) is 12.7. The molecule has 3 nitrogen and oxygen atoms in total. The second-order valence-corrected chi connectivity index (χ2v) is 16.2. The van der Waals surface area contributed by atoms with Gasteiger partial charge >= 0.3 is 0 Å². The van der Waals surface area contributed by atoms with Gasteiger partial charge in [-0.25, -0.2) is 0 Å². The van der Waals surface area contributed by atoms with E-state index in [9.17, 15) is 0 Å². The molecule has 0 radical (unpaired) electrons. The standard InChI is InChI=1S/C55H37N3/c1-55(2)49-32-39(21-24-42(49)43-26-23-40(33-50(43)55)58-51-19-7-5-16-44(51)45-17-6-8-20-52(45)58)37-14-10-12-35(30-37)34-11-9-13-36(29-34)38-22-25-47-48(31-38)41-15-3-4-18-46(41)53-54(47)57-28-27-56-53/h3-33H,1-2H3. The monoisotopic (exact) mass is 739 g/mol. The molecular weight excluding hydrogens is 703 g/mol. The quantitative estimate of drug-likeness (QED) is 0.168.